The van der Waals surface area contributed by atoms with E-state index in [1.807, 2.05) is 0 Å². The van der Waals surface area contributed by atoms with Crippen LogP contribution in [0.4, 0.5) is 22.0 Å². The van der Waals surface area contributed by atoms with Crippen LogP contribution >= 0.6 is 0 Å². The second-order valence-electron chi connectivity index (χ2n) is 5.74. The third-order valence-electron chi connectivity index (χ3n) is 4.20. The van der Waals surface area contributed by atoms with E-state index >= 15 is 0 Å². The Balaban J connectivity index is 2.11. The van der Waals surface area contributed by atoms with E-state index in [1.165, 1.54) is 0 Å². The molecule has 0 amide bonds. The molecule has 1 aromatic rings. The van der Waals surface area contributed by atoms with Gasteiger partial charge < -0.3 is 9.84 Å². The second-order valence-corrected chi connectivity index (χ2v) is 5.74. The molecule has 124 valence electrons. The average Bonchev–Trinajstić information content (AvgIpc) is 2.93. The summed E-state index contributed by atoms with van der Waals surface area (Å²) in [6.45, 7) is 2.06. The fourth-order valence-corrected chi connectivity index (χ4v) is 3.18. The van der Waals surface area contributed by atoms with E-state index < -0.39 is 47.6 Å². The number of aromatic nitrogens is 2. The third-order valence-corrected chi connectivity index (χ3v) is 4.20. The predicted molar refractivity (Wildman–Crippen MR) is 64.6 cm³/mol. The van der Waals surface area contributed by atoms with E-state index in [0.717, 1.165) is 4.68 Å². The van der Waals surface area contributed by atoms with Gasteiger partial charge >= 0.3 is 6.18 Å². The number of aliphatic hydroxyl groups excluding tert-OH is 1. The number of aliphatic hydroxyl groups is 1. The van der Waals surface area contributed by atoms with E-state index in [1.54, 1.807) is 6.92 Å². The van der Waals surface area contributed by atoms with Gasteiger partial charge in [0.2, 0.25) is 0 Å². The minimum absolute atomic E-state index is 0.210. The lowest BCUT2D eigenvalue weighted by Gasteiger charge is -2.28. The van der Waals surface area contributed by atoms with E-state index in [-0.39, 0.29) is 6.10 Å². The first kappa shape index (κ1) is 15.7. The molecule has 22 heavy (non-hydrogen) atoms. The van der Waals surface area contributed by atoms with Crippen molar-refractivity contribution in [2.24, 2.45) is 0 Å². The van der Waals surface area contributed by atoms with Crippen LogP contribution in [0.15, 0.2) is 0 Å². The largest absolute Gasteiger partial charge is 0.435 e. The van der Waals surface area contributed by atoms with Gasteiger partial charge in [0.05, 0.1) is 17.8 Å². The van der Waals surface area contributed by atoms with E-state index in [2.05, 4.69) is 5.10 Å². The van der Waals surface area contributed by atoms with E-state index in [0.29, 0.717) is 19.4 Å². The van der Waals surface area contributed by atoms with Crippen molar-refractivity contribution in [2.75, 3.05) is 6.61 Å². The molecule has 9 heteroatoms. The summed E-state index contributed by atoms with van der Waals surface area (Å²) in [5.41, 5.74) is -2.67. The third kappa shape index (κ3) is 2.30. The summed E-state index contributed by atoms with van der Waals surface area (Å²) in [5, 5.41) is 13.1. The first-order valence-electron chi connectivity index (χ1n) is 6.99. The summed E-state index contributed by atoms with van der Waals surface area (Å²) < 4.78 is 73.2. The highest BCUT2D eigenvalue weighted by atomic mass is 19.4. The lowest BCUT2D eigenvalue weighted by atomic mass is 10.0. The molecule has 1 aliphatic heterocycles. The van der Waals surface area contributed by atoms with Crippen LogP contribution < -0.4 is 0 Å². The molecule has 0 saturated carbocycles. The number of hydrogen-bond donors (Lipinski definition) is 1. The molecule has 1 aliphatic carbocycles. The number of nitrogens with zero attached hydrogens (tertiary/aromatic N) is 2. The van der Waals surface area contributed by atoms with Gasteiger partial charge in [-0.2, -0.15) is 18.3 Å². The molecular weight excluding hydrogens is 311 g/mol. The molecule has 0 radical (unpaired) electrons. The summed E-state index contributed by atoms with van der Waals surface area (Å²) in [5.74, 6) is 0. The van der Waals surface area contributed by atoms with Gasteiger partial charge in [-0.1, -0.05) is 0 Å². The molecule has 1 N–H and O–H groups in total. The molecule has 1 aromatic heterocycles. The van der Waals surface area contributed by atoms with Gasteiger partial charge in [0.1, 0.15) is 6.10 Å². The maximum absolute atomic E-state index is 14.1. The summed E-state index contributed by atoms with van der Waals surface area (Å²) in [6, 6.07) is -0.510. The van der Waals surface area contributed by atoms with Crippen LogP contribution in [0.1, 0.15) is 55.0 Å². The molecule has 1 saturated heterocycles. The minimum atomic E-state index is -4.88. The Morgan fingerprint density at radius 1 is 1.32 bits per heavy atom. The summed E-state index contributed by atoms with van der Waals surface area (Å²) >= 11 is 0. The van der Waals surface area contributed by atoms with Crippen LogP contribution in [0.2, 0.25) is 0 Å². The van der Waals surface area contributed by atoms with Crippen molar-refractivity contribution in [3.8, 4) is 0 Å². The highest BCUT2D eigenvalue weighted by molar-refractivity contribution is 5.39. The molecule has 2 aliphatic rings. The first-order chi connectivity index (χ1) is 10.2. The predicted octanol–water partition coefficient (Wildman–Crippen LogP) is 3.04. The standard InChI is InChI=1S/C13H15F5N2O2/c1-5-4-6(2-3-22-5)20-10-7(11(21)9(15)8(10)14)12(19-20)13(16,17)18/h5-6,8-9,11,21H,2-4H2,1H3/t5-,6-,8+,9-,11+/m1/s1. The first-order valence-corrected chi connectivity index (χ1v) is 6.99. The van der Waals surface area contributed by atoms with E-state index in [4.69, 9.17) is 4.74 Å². The van der Waals surface area contributed by atoms with Gasteiger partial charge in [0.25, 0.3) is 0 Å². The smallest absolute Gasteiger partial charge is 0.385 e. The fraction of sp³-hybridized carbons (Fsp3) is 0.769. The molecule has 0 bridgehead atoms. The zero-order valence-corrected chi connectivity index (χ0v) is 11.6. The number of fused-ring (bicyclic) bond motifs is 1. The number of ether oxygens (including phenoxy) is 1. The summed E-state index contributed by atoms with van der Waals surface area (Å²) in [4.78, 5) is 0. The maximum atomic E-state index is 14.1. The van der Waals surface area contributed by atoms with Crippen LogP contribution in [0.5, 0.6) is 0 Å². The maximum Gasteiger partial charge on any atom is 0.435 e. The quantitative estimate of drug-likeness (QED) is 0.807. The van der Waals surface area contributed by atoms with Crippen LogP contribution in [0.3, 0.4) is 0 Å². The van der Waals surface area contributed by atoms with Gasteiger partial charge in [-0.05, 0) is 19.8 Å². The van der Waals surface area contributed by atoms with Crippen LogP contribution in [0, 0.1) is 0 Å². The Morgan fingerprint density at radius 3 is 2.59 bits per heavy atom. The normalized spacial score (nSPS) is 35.7. The highest BCUT2D eigenvalue weighted by Gasteiger charge is 2.52. The molecule has 0 spiro atoms. The van der Waals surface area contributed by atoms with E-state index in [9.17, 15) is 27.1 Å². The van der Waals surface area contributed by atoms with Gasteiger partial charge in [-0.3, -0.25) is 4.68 Å². The van der Waals surface area contributed by atoms with Crippen molar-refractivity contribution < 1.29 is 31.8 Å². The van der Waals surface area contributed by atoms with Crippen molar-refractivity contribution in [1.29, 1.82) is 0 Å². The molecule has 1 fully saturated rings. The van der Waals surface area contributed by atoms with Crippen LogP contribution in [-0.2, 0) is 10.9 Å². The number of rotatable bonds is 1. The SMILES string of the molecule is C[C@@H]1C[C@H](n2nc(C(F)(F)F)c3c2[C@@H](F)[C@@H](F)[C@H]3O)CCO1. The topological polar surface area (TPSA) is 47.3 Å². The minimum Gasteiger partial charge on any atom is -0.385 e. The Hall–Kier alpha value is -1.22. The lowest BCUT2D eigenvalue weighted by Crippen LogP contribution is -2.28. The van der Waals surface area contributed by atoms with Gasteiger partial charge in [0.15, 0.2) is 18.0 Å². The second kappa shape index (κ2) is 5.16. The Morgan fingerprint density at radius 2 is 2.00 bits per heavy atom. The average molecular weight is 326 g/mol. The summed E-state index contributed by atoms with van der Waals surface area (Å²) in [7, 11) is 0. The van der Waals surface area contributed by atoms with Crippen LogP contribution in [0.25, 0.3) is 0 Å². The Kier molecular flexibility index (Phi) is 3.67. The highest BCUT2D eigenvalue weighted by Crippen LogP contribution is 2.49. The Bertz CT molecular complexity index is 574. The van der Waals surface area contributed by atoms with Gasteiger partial charge in [0, 0.05) is 12.2 Å². The lowest BCUT2D eigenvalue weighted by molar-refractivity contribution is -0.143. The fourth-order valence-electron chi connectivity index (χ4n) is 3.18. The number of halogens is 5. The molecule has 4 nitrogen and oxygen atoms in total. The van der Waals surface area contributed by atoms with Gasteiger partial charge in [-0.15, -0.1) is 0 Å². The molecule has 3 rings (SSSR count). The monoisotopic (exact) mass is 326 g/mol. The molecular formula is C13H15F5N2O2. The van der Waals surface area contributed by atoms with Crippen molar-refractivity contribution in [2.45, 2.75) is 56.5 Å². The molecule has 0 aromatic carbocycles. The molecule has 0 unspecified atom stereocenters. The number of hydrogen-bond acceptors (Lipinski definition) is 3. The summed E-state index contributed by atoms with van der Waals surface area (Å²) in [6.07, 6.45) is -11.2. The van der Waals surface area contributed by atoms with Gasteiger partial charge in [-0.25, -0.2) is 8.78 Å². The molecule has 5 atom stereocenters. The molecule has 2 heterocycles. The zero-order chi connectivity index (χ0) is 16.2. The van der Waals surface area contributed by atoms with Crippen molar-refractivity contribution in [1.82, 2.24) is 9.78 Å². The van der Waals surface area contributed by atoms with Crippen molar-refractivity contribution in [3.05, 3.63) is 17.0 Å². The zero-order valence-electron chi connectivity index (χ0n) is 11.6. The van der Waals surface area contributed by atoms with Crippen molar-refractivity contribution in [3.63, 3.8) is 0 Å². The Labute approximate surface area is 122 Å². The van der Waals surface area contributed by atoms with Crippen LogP contribution in [-0.4, -0.2) is 33.8 Å². The van der Waals surface area contributed by atoms with Crippen molar-refractivity contribution >= 4 is 0 Å². The number of alkyl halides is 5.